The largest absolute Gasteiger partial charge is 0.323 e. The average molecular weight is 214 g/mol. The predicted molar refractivity (Wildman–Crippen MR) is 59.3 cm³/mol. The third-order valence-corrected chi connectivity index (χ3v) is 4.43. The zero-order valence-corrected chi connectivity index (χ0v) is 9.64. The Hall–Kier alpha value is -0.220. The van der Waals surface area contributed by atoms with Gasteiger partial charge in [0.25, 0.3) is 0 Å². The summed E-state index contributed by atoms with van der Waals surface area (Å²) in [4.78, 5) is 13.7. The van der Waals surface area contributed by atoms with E-state index in [2.05, 4.69) is 23.4 Å². The van der Waals surface area contributed by atoms with Crippen molar-refractivity contribution in [3.05, 3.63) is 0 Å². The maximum atomic E-state index is 11.6. The molecule has 0 aromatic rings. The first kappa shape index (κ1) is 10.3. The molecular formula is C10H18N2OS. The van der Waals surface area contributed by atoms with Gasteiger partial charge in [-0.05, 0) is 32.4 Å². The van der Waals surface area contributed by atoms with Crippen LogP contribution in [0.25, 0.3) is 0 Å². The lowest BCUT2D eigenvalue weighted by atomic mass is 10.2. The third kappa shape index (κ3) is 1.77. The molecule has 2 fully saturated rings. The van der Waals surface area contributed by atoms with E-state index in [0.29, 0.717) is 12.6 Å². The minimum absolute atomic E-state index is 0.244. The van der Waals surface area contributed by atoms with E-state index in [0.717, 1.165) is 5.25 Å². The maximum Gasteiger partial charge on any atom is 0.238 e. The summed E-state index contributed by atoms with van der Waals surface area (Å²) in [7, 11) is 0. The molecule has 2 aliphatic rings. The number of nitrogens with one attached hydrogen (secondary N) is 1. The van der Waals surface area contributed by atoms with Crippen LogP contribution < -0.4 is 5.32 Å². The molecule has 1 saturated heterocycles. The number of nitrogens with zero attached hydrogens (tertiary/aromatic N) is 1. The van der Waals surface area contributed by atoms with Crippen molar-refractivity contribution in [2.45, 2.75) is 43.6 Å². The Bertz CT molecular complexity index is 234. The van der Waals surface area contributed by atoms with E-state index in [9.17, 15) is 4.79 Å². The summed E-state index contributed by atoms with van der Waals surface area (Å²) in [5, 5.41) is 3.96. The summed E-state index contributed by atoms with van der Waals surface area (Å²) in [5.41, 5.74) is 0. The van der Waals surface area contributed by atoms with Crippen molar-refractivity contribution < 1.29 is 4.79 Å². The molecule has 1 aliphatic heterocycles. The fourth-order valence-corrected chi connectivity index (χ4v) is 3.33. The fourth-order valence-electron chi connectivity index (χ4n) is 2.54. The first-order valence-electron chi connectivity index (χ1n) is 5.29. The summed E-state index contributed by atoms with van der Waals surface area (Å²) in [6.07, 6.45) is 6.04. The molecule has 1 saturated carbocycles. The van der Waals surface area contributed by atoms with Crippen LogP contribution in [0.3, 0.4) is 0 Å². The zero-order valence-electron chi connectivity index (χ0n) is 8.82. The Balaban J connectivity index is 1.98. The quantitative estimate of drug-likeness (QED) is 0.745. The highest BCUT2D eigenvalue weighted by Gasteiger charge is 2.37. The number of hydrogen-bond donors (Lipinski definition) is 1. The second-order valence-electron chi connectivity index (χ2n) is 4.18. The van der Waals surface area contributed by atoms with Gasteiger partial charge in [0.2, 0.25) is 5.91 Å². The molecular weight excluding hydrogens is 196 g/mol. The molecule has 80 valence electrons. The summed E-state index contributed by atoms with van der Waals surface area (Å²) in [6, 6.07) is 0.491. The molecule has 1 aliphatic carbocycles. The van der Waals surface area contributed by atoms with Crippen LogP contribution >= 0.6 is 11.8 Å². The Morgan fingerprint density at radius 1 is 1.50 bits per heavy atom. The standard InChI is InChI=1S/C10H18N2OS/c1-7-11-6-10(13)12(7)8-3-4-9(5-8)14-2/h7-9,11H,3-6H2,1-2H3. The fraction of sp³-hybridized carbons (Fsp3) is 0.900. The van der Waals surface area contributed by atoms with Gasteiger partial charge >= 0.3 is 0 Å². The summed E-state index contributed by atoms with van der Waals surface area (Å²) in [5.74, 6) is 0.282. The number of carbonyl (C=O) groups is 1. The van der Waals surface area contributed by atoms with Crippen molar-refractivity contribution in [2.75, 3.05) is 12.8 Å². The van der Waals surface area contributed by atoms with Crippen LogP contribution in [0.4, 0.5) is 0 Å². The maximum absolute atomic E-state index is 11.6. The van der Waals surface area contributed by atoms with E-state index in [4.69, 9.17) is 0 Å². The molecule has 1 heterocycles. The highest BCUT2D eigenvalue weighted by atomic mass is 32.2. The van der Waals surface area contributed by atoms with Crippen LogP contribution in [0.1, 0.15) is 26.2 Å². The third-order valence-electron chi connectivity index (χ3n) is 3.34. The van der Waals surface area contributed by atoms with Crippen molar-refractivity contribution >= 4 is 17.7 Å². The van der Waals surface area contributed by atoms with Gasteiger partial charge in [-0.2, -0.15) is 11.8 Å². The average Bonchev–Trinajstić information content (AvgIpc) is 2.73. The van der Waals surface area contributed by atoms with Gasteiger partial charge in [0.15, 0.2) is 0 Å². The summed E-state index contributed by atoms with van der Waals surface area (Å²) < 4.78 is 0. The molecule has 0 aromatic carbocycles. The van der Waals surface area contributed by atoms with Crippen LogP contribution in [-0.2, 0) is 4.79 Å². The monoisotopic (exact) mass is 214 g/mol. The van der Waals surface area contributed by atoms with Crippen LogP contribution in [-0.4, -0.2) is 41.1 Å². The lowest BCUT2D eigenvalue weighted by molar-refractivity contribution is -0.129. The number of amides is 1. The highest BCUT2D eigenvalue weighted by Crippen LogP contribution is 2.32. The summed E-state index contributed by atoms with van der Waals surface area (Å²) >= 11 is 1.94. The van der Waals surface area contributed by atoms with Crippen LogP contribution in [0.2, 0.25) is 0 Å². The van der Waals surface area contributed by atoms with Gasteiger partial charge in [-0.15, -0.1) is 0 Å². The summed E-state index contributed by atoms with van der Waals surface area (Å²) in [6.45, 7) is 2.61. The van der Waals surface area contributed by atoms with E-state index < -0.39 is 0 Å². The van der Waals surface area contributed by atoms with Gasteiger partial charge < -0.3 is 4.90 Å². The van der Waals surface area contributed by atoms with Gasteiger partial charge in [0.1, 0.15) is 0 Å². The van der Waals surface area contributed by atoms with E-state index in [1.807, 2.05) is 11.8 Å². The van der Waals surface area contributed by atoms with Gasteiger partial charge in [-0.3, -0.25) is 10.1 Å². The van der Waals surface area contributed by atoms with Crippen molar-refractivity contribution in [1.82, 2.24) is 10.2 Å². The molecule has 3 unspecified atom stereocenters. The van der Waals surface area contributed by atoms with Gasteiger partial charge in [0, 0.05) is 11.3 Å². The Labute approximate surface area is 89.6 Å². The number of thioether (sulfide) groups is 1. The lowest BCUT2D eigenvalue weighted by Gasteiger charge is -2.28. The first-order chi connectivity index (χ1) is 6.72. The molecule has 3 nitrogen and oxygen atoms in total. The van der Waals surface area contributed by atoms with E-state index in [1.165, 1.54) is 19.3 Å². The first-order valence-corrected chi connectivity index (χ1v) is 6.58. The van der Waals surface area contributed by atoms with Gasteiger partial charge in [-0.1, -0.05) is 0 Å². The zero-order chi connectivity index (χ0) is 10.1. The van der Waals surface area contributed by atoms with E-state index in [1.54, 1.807) is 0 Å². The normalized spacial score (nSPS) is 38.3. The molecule has 3 atom stereocenters. The highest BCUT2D eigenvalue weighted by molar-refractivity contribution is 7.99. The number of hydrogen-bond acceptors (Lipinski definition) is 3. The van der Waals surface area contributed by atoms with E-state index in [-0.39, 0.29) is 12.1 Å². The number of rotatable bonds is 2. The molecule has 4 heteroatoms. The van der Waals surface area contributed by atoms with Gasteiger partial charge in [0.05, 0.1) is 12.7 Å². The molecule has 0 bridgehead atoms. The van der Waals surface area contributed by atoms with Crippen LogP contribution in [0, 0.1) is 0 Å². The van der Waals surface area contributed by atoms with E-state index >= 15 is 0 Å². The molecule has 0 radical (unpaired) electrons. The second kappa shape index (κ2) is 4.11. The SMILES string of the molecule is CSC1CCC(N2C(=O)CNC2C)C1. The predicted octanol–water partition coefficient (Wildman–Crippen LogP) is 1.05. The second-order valence-corrected chi connectivity index (χ2v) is 5.32. The molecule has 0 spiro atoms. The minimum Gasteiger partial charge on any atom is -0.323 e. The molecule has 14 heavy (non-hydrogen) atoms. The van der Waals surface area contributed by atoms with Gasteiger partial charge in [-0.25, -0.2) is 0 Å². The topological polar surface area (TPSA) is 32.3 Å². The van der Waals surface area contributed by atoms with Crippen LogP contribution in [0.5, 0.6) is 0 Å². The molecule has 0 aromatic heterocycles. The number of carbonyl (C=O) groups excluding carboxylic acids is 1. The van der Waals surface area contributed by atoms with Crippen molar-refractivity contribution in [3.63, 3.8) is 0 Å². The Morgan fingerprint density at radius 3 is 2.79 bits per heavy atom. The minimum atomic E-state index is 0.244. The van der Waals surface area contributed by atoms with Crippen molar-refractivity contribution in [1.29, 1.82) is 0 Å². The molecule has 1 amide bonds. The Kier molecular flexibility index (Phi) is 3.02. The Morgan fingerprint density at radius 2 is 2.29 bits per heavy atom. The van der Waals surface area contributed by atoms with Crippen molar-refractivity contribution in [3.8, 4) is 0 Å². The van der Waals surface area contributed by atoms with Crippen molar-refractivity contribution in [2.24, 2.45) is 0 Å². The smallest absolute Gasteiger partial charge is 0.238 e. The molecule has 1 N–H and O–H groups in total. The lowest BCUT2D eigenvalue weighted by Crippen LogP contribution is -2.41. The van der Waals surface area contributed by atoms with Crippen LogP contribution in [0.15, 0.2) is 0 Å². The molecule has 2 rings (SSSR count).